The van der Waals surface area contributed by atoms with Crippen molar-refractivity contribution >= 4 is 15.8 Å². The second-order valence-corrected chi connectivity index (χ2v) is 11.2. The van der Waals surface area contributed by atoms with Crippen LogP contribution >= 0.6 is 0 Å². The van der Waals surface area contributed by atoms with Crippen LogP contribution in [0.15, 0.2) is 47.4 Å². The van der Waals surface area contributed by atoms with E-state index in [-0.39, 0.29) is 11.5 Å². The minimum Gasteiger partial charge on any atom is -0.478 e. The first-order valence-electron chi connectivity index (χ1n) is 10.7. The highest BCUT2D eigenvalue weighted by Gasteiger charge is 2.49. The molecule has 0 spiro atoms. The monoisotopic (exact) mass is 442 g/mol. The molecule has 1 aliphatic carbocycles. The van der Waals surface area contributed by atoms with E-state index in [1.807, 2.05) is 24.3 Å². The zero-order valence-electron chi connectivity index (χ0n) is 18.3. The van der Waals surface area contributed by atoms with Crippen molar-refractivity contribution in [2.75, 3.05) is 26.4 Å². The lowest BCUT2D eigenvalue weighted by Gasteiger charge is -2.55. The molecule has 1 unspecified atom stereocenters. The van der Waals surface area contributed by atoms with Gasteiger partial charge in [0.25, 0.3) is 0 Å². The largest absolute Gasteiger partial charge is 0.478 e. The summed E-state index contributed by atoms with van der Waals surface area (Å²) in [5, 5.41) is 13.2. The number of nitrogens with one attached hydrogen (secondary N) is 1. The van der Waals surface area contributed by atoms with Crippen LogP contribution in [0, 0.1) is 0 Å². The molecule has 2 aliphatic rings. The molecule has 4 rings (SSSR count). The molecule has 2 aromatic rings. The molecule has 2 N–H and O–H groups in total. The van der Waals surface area contributed by atoms with Gasteiger partial charge in [0, 0.05) is 23.8 Å². The van der Waals surface area contributed by atoms with E-state index < -0.39 is 15.8 Å². The Morgan fingerprint density at radius 3 is 2.58 bits per heavy atom. The first-order valence-corrected chi connectivity index (χ1v) is 12.6. The quantitative estimate of drug-likeness (QED) is 0.715. The van der Waals surface area contributed by atoms with Crippen LogP contribution in [0.4, 0.5) is 0 Å². The van der Waals surface area contributed by atoms with E-state index in [0.717, 1.165) is 43.5 Å². The Bertz CT molecular complexity index is 1100. The maximum absolute atomic E-state index is 11.7. The fraction of sp³-hybridized carbons (Fsp3) is 0.458. The zero-order chi connectivity index (χ0) is 22.4. The minimum absolute atomic E-state index is 0.129. The number of likely N-dealkylation sites (tertiary alicyclic amines) is 1. The van der Waals surface area contributed by atoms with Crippen molar-refractivity contribution in [1.29, 1.82) is 0 Å². The van der Waals surface area contributed by atoms with E-state index in [0.29, 0.717) is 16.5 Å². The number of sulfone groups is 1. The number of carboxylic acids is 1. The fourth-order valence-corrected chi connectivity index (χ4v) is 5.90. The lowest BCUT2D eigenvalue weighted by molar-refractivity contribution is 0.0654. The van der Waals surface area contributed by atoms with Gasteiger partial charge in [0.15, 0.2) is 9.84 Å². The van der Waals surface area contributed by atoms with Crippen molar-refractivity contribution in [2.24, 2.45) is 0 Å². The molecular formula is C24H30N2O4S. The first kappa shape index (κ1) is 22.0. The Kier molecular flexibility index (Phi) is 5.70. The summed E-state index contributed by atoms with van der Waals surface area (Å²) in [6, 6.07) is 13.2. The van der Waals surface area contributed by atoms with Gasteiger partial charge in [-0.3, -0.25) is 0 Å². The van der Waals surface area contributed by atoms with Crippen LogP contribution in [0.2, 0.25) is 0 Å². The van der Waals surface area contributed by atoms with E-state index in [9.17, 15) is 18.3 Å². The number of likely N-dealkylation sites (N-methyl/N-ethyl adjacent to an activating group) is 1. The SMILES string of the molecule is CN1CCC2(C)c3cc(C(=O)O)ccc3C[C@@H]1[C@@H]2NCCc1ccc(S(C)(=O)=O)cc1. The average Bonchev–Trinajstić information content (AvgIpc) is 2.72. The van der Waals surface area contributed by atoms with Crippen LogP contribution in [0.1, 0.15) is 40.4 Å². The summed E-state index contributed by atoms with van der Waals surface area (Å²) in [4.78, 5) is 14.3. The first-order chi connectivity index (χ1) is 14.6. The Balaban J connectivity index is 1.54. The third kappa shape index (κ3) is 4.14. The third-order valence-electron chi connectivity index (χ3n) is 7.15. The maximum atomic E-state index is 11.7. The molecule has 6 nitrogen and oxygen atoms in total. The number of benzene rings is 2. The summed E-state index contributed by atoms with van der Waals surface area (Å²) in [5.41, 5.74) is 3.72. The van der Waals surface area contributed by atoms with Gasteiger partial charge in [0.2, 0.25) is 0 Å². The molecule has 0 radical (unpaired) electrons. The second-order valence-electron chi connectivity index (χ2n) is 9.19. The van der Waals surface area contributed by atoms with Crippen LogP contribution in [0.25, 0.3) is 0 Å². The Labute approximate surface area is 184 Å². The number of hydrogen-bond acceptors (Lipinski definition) is 5. The predicted molar refractivity (Wildman–Crippen MR) is 121 cm³/mol. The predicted octanol–water partition coefficient (Wildman–Crippen LogP) is 2.51. The second kappa shape index (κ2) is 8.04. The van der Waals surface area contributed by atoms with Crippen molar-refractivity contribution in [3.63, 3.8) is 0 Å². The Morgan fingerprint density at radius 1 is 1.23 bits per heavy atom. The highest BCUT2D eigenvalue weighted by atomic mass is 32.2. The van der Waals surface area contributed by atoms with Gasteiger partial charge in [-0.25, -0.2) is 13.2 Å². The van der Waals surface area contributed by atoms with Crippen LogP contribution in [-0.2, 0) is 28.1 Å². The highest BCUT2D eigenvalue weighted by Crippen LogP contribution is 2.44. The van der Waals surface area contributed by atoms with Gasteiger partial charge >= 0.3 is 5.97 Å². The fourth-order valence-electron chi connectivity index (χ4n) is 5.27. The molecule has 3 atom stereocenters. The Morgan fingerprint density at radius 2 is 1.94 bits per heavy atom. The molecule has 2 bridgehead atoms. The molecule has 31 heavy (non-hydrogen) atoms. The van der Waals surface area contributed by atoms with E-state index >= 15 is 0 Å². The van der Waals surface area contributed by atoms with Crippen LogP contribution in [0.3, 0.4) is 0 Å². The molecule has 7 heteroatoms. The van der Waals surface area contributed by atoms with Crippen LogP contribution in [0.5, 0.6) is 0 Å². The summed E-state index contributed by atoms with van der Waals surface area (Å²) in [6.45, 7) is 4.02. The smallest absolute Gasteiger partial charge is 0.335 e. The number of fused-ring (bicyclic) bond motifs is 4. The van der Waals surface area contributed by atoms with Gasteiger partial charge in [-0.1, -0.05) is 25.1 Å². The van der Waals surface area contributed by atoms with Crippen molar-refractivity contribution in [3.8, 4) is 0 Å². The number of carboxylic acid groups (broad SMARTS) is 1. The molecule has 0 aromatic heterocycles. The van der Waals surface area contributed by atoms with Gasteiger partial charge in [-0.2, -0.15) is 0 Å². The molecule has 166 valence electrons. The average molecular weight is 443 g/mol. The van der Waals surface area contributed by atoms with Crippen molar-refractivity contribution in [3.05, 3.63) is 64.7 Å². The maximum Gasteiger partial charge on any atom is 0.335 e. The molecule has 1 fully saturated rings. The molecular weight excluding hydrogens is 412 g/mol. The van der Waals surface area contributed by atoms with E-state index in [1.165, 1.54) is 11.8 Å². The number of piperidine rings is 1. The lowest BCUT2D eigenvalue weighted by Crippen LogP contribution is -2.66. The zero-order valence-corrected chi connectivity index (χ0v) is 19.1. The third-order valence-corrected chi connectivity index (χ3v) is 8.28. The van der Waals surface area contributed by atoms with Crippen LogP contribution < -0.4 is 5.32 Å². The molecule has 0 saturated carbocycles. The standard InChI is InChI=1S/C24H30N2O4S/c1-24-11-13-26(2)21(15-17-6-7-18(23(27)28)14-20(17)24)22(24)25-12-10-16-4-8-19(9-5-16)31(3,29)30/h4-9,14,21-22,25H,10-13,15H2,1-3H3,(H,27,28)/t21-,22+,24?/m1/s1. The molecule has 2 aromatic carbocycles. The summed E-state index contributed by atoms with van der Waals surface area (Å²) >= 11 is 0. The summed E-state index contributed by atoms with van der Waals surface area (Å²) in [6.07, 6.45) is 3.89. The van der Waals surface area contributed by atoms with Crippen LogP contribution in [-0.4, -0.2) is 62.9 Å². The lowest BCUT2D eigenvalue weighted by atomic mass is 9.61. The van der Waals surface area contributed by atoms with Gasteiger partial charge < -0.3 is 15.3 Å². The molecule has 0 amide bonds. The minimum atomic E-state index is -3.18. The molecule has 1 aliphatic heterocycles. The Hall–Kier alpha value is -2.22. The number of hydrogen-bond donors (Lipinski definition) is 2. The summed E-state index contributed by atoms with van der Waals surface area (Å²) in [5.74, 6) is -0.886. The molecule has 1 heterocycles. The van der Waals surface area contributed by atoms with E-state index in [2.05, 4.69) is 24.2 Å². The number of carbonyl (C=O) groups is 1. The molecule has 1 saturated heterocycles. The number of nitrogens with zero attached hydrogens (tertiary/aromatic N) is 1. The summed E-state index contributed by atoms with van der Waals surface area (Å²) in [7, 11) is -1.02. The number of rotatable bonds is 6. The summed E-state index contributed by atoms with van der Waals surface area (Å²) < 4.78 is 23.3. The van der Waals surface area contributed by atoms with Crippen molar-refractivity contribution < 1.29 is 18.3 Å². The van der Waals surface area contributed by atoms with E-state index in [1.54, 1.807) is 18.2 Å². The van der Waals surface area contributed by atoms with Crippen molar-refractivity contribution in [1.82, 2.24) is 10.2 Å². The van der Waals surface area contributed by atoms with Gasteiger partial charge in [-0.15, -0.1) is 0 Å². The van der Waals surface area contributed by atoms with E-state index in [4.69, 9.17) is 0 Å². The topological polar surface area (TPSA) is 86.7 Å². The highest BCUT2D eigenvalue weighted by molar-refractivity contribution is 7.90. The van der Waals surface area contributed by atoms with Crippen molar-refractivity contribution in [2.45, 2.75) is 48.6 Å². The normalized spacial score (nSPS) is 25.8. The number of aromatic carboxylic acids is 1. The van der Waals surface area contributed by atoms with Gasteiger partial charge in [0.1, 0.15) is 0 Å². The van der Waals surface area contributed by atoms with Gasteiger partial charge in [0.05, 0.1) is 10.5 Å². The van der Waals surface area contributed by atoms with Gasteiger partial charge in [-0.05, 0) is 80.4 Å².